The van der Waals surface area contributed by atoms with Gasteiger partial charge in [0.2, 0.25) is 0 Å². The van der Waals surface area contributed by atoms with E-state index in [-0.39, 0.29) is 31.9 Å². The summed E-state index contributed by atoms with van der Waals surface area (Å²) >= 11 is 0. The fourth-order valence-corrected chi connectivity index (χ4v) is 4.61. The molecule has 0 aliphatic carbocycles. The van der Waals surface area contributed by atoms with Gasteiger partial charge in [0.25, 0.3) is 5.91 Å². The minimum atomic E-state index is -5.11. The van der Waals surface area contributed by atoms with Gasteiger partial charge in [-0.15, -0.1) is 0 Å². The van der Waals surface area contributed by atoms with Crippen LogP contribution in [0.2, 0.25) is 0 Å². The van der Waals surface area contributed by atoms with E-state index in [1.54, 1.807) is 67.6 Å². The molecule has 3 aromatic carbocycles. The van der Waals surface area contributed by atoms with Gasteiger partial charge in [0.1, 0.15) is 0 Å². The second-order valence-corrected chi connectivity index (χ2v) is 8.91. The molecule has 0 N–H and O–H groups in total. The number of esters is 1. The average Bonchev–Trinajstić information content (AvgIpc) is 2.90. The van der Waals surface area contributed by atoms with Gasteiger partial charge in [-0.2, -0.15) is 26.3 Å². The van der Waals surface area contributed by atoms with Crippen molar-refractivity contribution < 1.29 is 40.7 Å². The minimum absolute atomic E-state index is 0.000924. The predicted molar refractivity (Wildman–Crippen MR) is 133 cm³/mol. The molecule has 0 aliphatic heterocycles. The monoisotopic (exact) mass is 551 g/mol. The van der Waals surface area contributed by atoms with Crippen molar-refractivity contribution in [1.29, 1.82) is 0 Å². The zero-order chi connectivity index (χ0) is 28.8. The summed E-state index contributed by atoms with van der Waals surface area (Å²) in [7, 11) is 1.33. The van der Waals surface area contributed by atoms with Gasteiger partial charge >= 0.3 is 18.3 Å². The smallest absolute Gasteiger partial charge is 0.416 e. The summed E-state index contributed by atoms with van der Waals surface area (Å²) < 4.78 is 86.2. The highest BCUT2D eigenvalue weighted by atomic mass is 19.4. The molecule has 3 rings (SSSR count). The van der Waals surface area contributed by atoms with Gasteiger partial charge in [0.05, 0.1) is 23.3 Å². The van der Waals surface area contributed by atoms with E-state index in [2.05, 4.69) is 0 Å². The molecule has 0 fully saturated rings. The summed E-state index contributed by atoms with van der Waals surface area (Å²) in [5.74, 6) is -1.51. The number of rotatable bonds is 9. The van der Waals surface area contributed by atoms with E-state index in [9.17, 15) is 35.9 Å². The van der Waals surface area contributed by atoms with E-state index >= 15 is 0 Å². The topological polar surface area (TPSA) is 46.6 Å². The summed E-state index contributed by atoms with van der Waals surface area (Å²) in [6.45, 7) is 1.84. The number of ether oxygens (including phenoxy) is 1. The van der Waals surface area contributed by atoms with Crippen LogP contribution in [-0.2, 0) is 27.4 Å². The van der Waals surface area contributed by atoms with Gasteiger partial charge in [0.15, 0.2) is 0 Å². The Kier molecular flexibility index (Phi) is 9.09. The number of carbonyl (C=O) groups is 2. The first-order valence-corrected chi connectivity index (χ1v) is 12.1. The van der Waals surface area contributed by atoms with Crippen LogP contribution in [-0.4, -0.2) is 30.4 Å². The molecule has 0 spiro atoms. The van der Waals surface area contributed by atoms with Crippen LogP contribution in [0.4, 0.5) is 26.3 Å². The highest BCUT2D eigenvalue weighted by Crippen LogP contribution is 2.42. The number of carbonyl (C=O) groups excluding carboxylic acids is 2. The van der Waals surface area contributed by atoms with Crippen LogP contribution in [0.25, 0.3) is 0 Å². The molecular formula is C29H27F6NO3. The van der Waals surface area contributed by atoms with E-state index < -0.39 is 46.5 Å². The summed E-state index contributed by atoms with van der Waals surface area (Å²) in [6, 6.07) is 18.0. The molecular weight excluding hydrogens is 524 g/mol. The third-order valence-electron chi connectivity index (χ3n) is 6.44. The van der Waals surface area contributed by atoms with E-state index in [0.29, 0.717) is 23.3 Å². The van der Waals surface area contributed by atoms with Crippen LogP contribution in [0.1, 0.15) is 58.8 Å². The Hall–Kier alpha value is -3.82. The molecule has 0 aliphatic rings. The molecule has 10 heteroatoms. The predicted octanol–water partition coefficient (Wildman–Crippen LogP) is 7.47. The number of amides is 1. The Morgan fingerprint density at radius 1 is 0.744 bits per heavy atom. The van der Waals surface area contributed by atoms with Crippen molar-refractivity contribution in [2.45, 2.75) is 44.1 Å². The summed E-state index contributed by atoms with van der Waals surface area (Å²) in [4.78, 5) is 27.0. The van der Waals surface area contributed by atoms with Gasteiger partial charge < -0.3 is 9.64 Å². The molecule has 39 heavy (non-hydrogen) atoms. The average molecular weight is 552 g/mol. The lowest BCUT2D eigenvalue weighted by Crippen LogP contribution is -2.48. The van der Waals surface area contributed by atoms with Gasteiger partial charge in [-0.05, 0) is 49.1 Å². The molecule has 0 unspecified atom stereocenters. The molecule has 0 heterocycles. The van der Waals surface area contributed by atoms with Crippen LogP contribution >= 0.6 is 0 Å². The minimum Gasteiger partial charge on any atom is -0.466 e. The molecule has 0 bridgehead atoms. The Morgan fingerprint density at radius 3 is 1.62 bits per heavy atom. The Bertz CT molecular complexity index is 1200. The van der Waals surface area contributed by atoms with Gasteiger partial charge in [-0.25, -0.2) is 0 Å². The van der Waals surface area contributed by atoms with E-state index in [1.807, 2.05) is 0 Å². The Balaban J connectivity index is 2.19. The molecule has 4 nitrogen and oxygen atoms in total. The largest absolute Gasteiger partial charge is 0.466 e. The van der Waals surface area contributed by atoms with Gasteiger partial charge in [-0.3, -0.25) is 9.59 Å². The number of hydrogen-bond donors (Lipinski definition) is 0. The van der Waals surface area contributed by atoms with Crippen LogP contribution < -0.4 is 0 Å². The second kappa shape index (κ2) is 11.9. The number of benzene rings is 3. The van der Waals surface area contributed by atoms with Crippen LogP contribution in [0, 0.1) is 0 Å². The third-order valence-corrected chi connectivity index (χ3v) is 6.44. The van der Waals surface area contributed by atoms with Crippen molar-refractivity contribution in [3.8, 4) is 0 Å². The van der Waals surface area contributed by atoms with Crippen molar-refractivity contribution in [2.24, 2.45) is 0 Å². The van der Waals surface area contributed by atoms with Crippen molar-refractivity contribution in [2.75, 3.05) is 13.7 Å². The van der Waals surface area contributed by atoms with E-state index in [1.165, 1.54) is 7.05 Å². The zero-order valence-corrected chi connectivity index (χ0v) is 21.3. The highest BCUT2D eigenvalue weighted by Gasteiger charge is 2.43. The van der Waals surface area contributed by atoms with E-state index in [4.69, 9.17) is 4.74 Å². The fraction of sp³-hybridized carbons (Fsp3) is 0.310. The second-order valence-electron chi connectivity index (χ2n) is 8.91. The lowest BCUT2D eigenvalue weighted by atomic mass is 9.77. The molecule has 0 saturated heterocycles. The first-order valence-electron chi connectivity index (χ1n) is 12.1. The summed E-state index contributed by atoms with van der Waals surface area (Å²) in [5.41, 5.74) is -4.12. The van der Waals surface area contributed by atoms with Crippen molar-refractivity contribution in [3.63, 3.8) is 0 Å². The maximum absolute atomic E-state index is 13.8. The number of halogens is 6. The Morgan fingerprint density at radius 2 is 1.21 bits per heavy atom. The lowest BCUT2D eigenvalue weighted by molar-refractivity contribution is -0.144. The maximum atomic E-state index is 13.8. The number of alkyl halides is 6. The van der Waals surface area contributed by atoms with Crippen molar-refractivity contribution in [1.82, 2.24) is 4.90 Å². The molecule has 0 saturated carbocycles. The zero-order valence-electron chi connectivity index (χ0n) is 21.3. The van der Waals surface area contributed by atoms with Crippen molar-refractivity contribution >= 4 is 11.9 Å². The molecule has 0 radical (unpaired) electrons. The number of nitrogens with zero attached hydrogens (tertiary/aromatic N) is 1. The van der Waals surface area contributed by atoms with Crippen LogP contribution in [0.15, 0.2) is 78.9 Å². The van der Waals surface area contributed by atoms with E-state index in [0.717, 1.165) is 4.90 Å². The first kappa shape index (κ1) is 29.7. The lowest BCUT2D eigenvalue weighted by Gasteiger charge is -2.43. The summed E-state index contributed by atoms with van der Waals surface area (Å²) in [6.07, 6.45) is -9.86. The molecule has 0 atom stereocenters. The van der Waals surface area contributed by atoms with Crippen molar-refractivity contribution in [3.05, 3.63) is 107 Å². The molecule has 3 aromatic rings. The molecule has 0 aromatic heterocycles. The first-order chi connectivity index (χ1) is 18.3. The highest BCUT2D eigenvalue weighted by molar-refractivity contribution is 5.95. The van der Waals surface area contributed by atoms with Crippen LogP contribution in [0.3, 0.4) is 0 Å². The van der Waals surface area contributed by atoms with Gasteiger partial charge in [0, 0.05) is 19.0 Å². The van der Waals surface area contributed by atoms with Gasteiger partial charge in [-0.1, -0.05) is 60.7 Å². The summed E-state index contributed by atoms with van der Waals surface area (Å²) in [5, 5.41) is 0. The number of hydrogen-bond acceptors (Lipinski definition) is 3. The Labute approximate surface area is 222 Å². The van der Waals surface area contributed by atoms with Crippen LogP contribution in [0.5, 0.6) is 0 Å². The normalized spacial score (nSPS) is 12.2. The molecule has 208 valence electrons. The third kappa shape index (κ3) is 6.79. The fourth-order valence-electron chi connectivity index (χ4n) is 4.61. The standard InChI is InChI=1S/C29H27F6NO3/c1-3-39-25(37)15-10-16-27(21-11-6-4-7-12-21,22-13-8-5-9-14-22)36(2)26(38)20-17-23(28(30,31)32)19-24(18-20)29(33,34)35/h4-9,11-14,17-19H,3,10,15-16H2,1-2H3. The quantitative estimate of drug-likeness (QED) is 0.205. The SMILES string of the molecule is CCOC(=O)CCCC(c1ccccc1)(c1ccccc1)N(C)C(=O)c1cc(C(F)(F)F)cc(C(F)(F)F)c1. The molecule has 1 amide bonds. The maximum Gasteiger partial charge on any atom is 0.416 e.